The van der Waals surface area contributed by atoms with Crippen LogP contribution in [0.15, 0.2) is 54.7 Å². The van der Waals surface area contributed by atoms with Gasteiger partial charge in [-0.25, -0.2) is 0 Å². The average Bonchev–Trinajstić information content (AvgIpc) is 2.99. The molecule has 0 aliphatic heterocycles. The van der Waals surface area contributed by atoms with Crippen LogP contribution in [0.5, 0.6) is 0 Å². The third kappa shape index (κ3) is 3.66. The maximum atomic E-state index is 12.3. The Labute approximate surface area is 146 Å². The highest BCUT2D eigenvalue weighted by Gasteiger charge is 2.09. The standard InChI is InChI=1S/C19H18ClN3O/c1-13-7-8-15(11-14(13)2)19(24)21-18-9-10-23(22-18)12-16-5-3-4-6-17(16)20/h3-11H,12H2,1-2H3,(H,21,22,24). The highest BCUT2D eigenvalue weighted by Crippen LogP contribution is 2.17. The van der Waals surface area contributed by atoms with Crippen molar-refractivity contribution in [1.29, 1.82) is 0 Å². The van der Waals surface area contributed by atoms with Crippen molar-refractivity contribution in [3.05, 3.63) is 82.0 Å². The molecule has 1 N–H and O–H groups in total. The average molecular weight is 340 g/mol. The maximum Gasteiger partial charge on any atom is 0.256 e. The molecule has 1 aromatic heterocycles. The quantitative estimate of drug-likeness (QED) is 0.763. The Bertz CT molecular complexity index is 886. The van der Waals surface area contributed by atoms with Gasteiger partial charge in [-0.3, -0.25) is 9.48 Å². The summed E-state index contributed by atoms with van der Waals surface area (Å²) in [6.45, 7) is 4.57. The lowest BCUT2D eigenvalue weighted by Crippen LogP contribution is -2.13. The summed E-state index contributed by atoms with van der Waals surface area (Å²) < 4.78 is 1.75. The van der Waals surface area contributed by atoms with Crippen LogP contribution in [0, 0.1) is 13.8 Å². The molecule has 3 rings (SSSR count). The number of anilines is 1. The van der Waals surface area contributed by atoms with Crippen molar-refractivity contribution in [1.82, 2.24) is 9.78 Å². The second-order valence-electron chi connectivity index (χ2n) is 5.74. The fourth-order valence-electron chi connectivity index (χ4n) is 2.39. The van der Waals surface area contributed by atoms with Crippen LogP contribution in [0.25, 0.3) is 0 Å². The number of aryl methyl sites for hydroxylation is 2. The molecule has 0 unspecified atom stereocenters. The number of nitrogens with zero attached hydrogens (tertiary/aromatic N) is 2. The van der Waals surface area contributed by atoms with E-state index in [0.29, 0.717) is 22.9 Å². The highest BCUT2D eigenvalue weighted by molar-refractivity contribution is 6.31. The van der Waals surface area contributed by atoms with Crippen molar-refractivity contribution in [3.8, 4) is 0 Å². The van der Waals surface area contributed by atoms with E-state index < -0.39 is 0 Å². The van der Waals surface area contributed by atoms with Crippen LogP contribution in [0.4, 0.5) is 5.82 Å². The van der Waals surface area contributed by atoms with Gasteiger partial charge in [0.2, 0.25) is 0 Å². The van der Waals surface area contributed by atoms with E-state index in [1.165, 1.54) is 0 Å². The first-order valence-corrected chi connectivity index (χ1v) is 8.06. The van der Waals surface area contributed by atoms with E-state index in [4.69, 9.17) is 11.6 Å². The molecule has 24 heavy (non-hydrogen) atoms. The number of aromatic nitrogens is 2. The molecular formula is C19H18ClN3O. The molecule has 0 spiro atoms. The molecule has 0 atom stereocenters. The van der Waals surface area contributed by atoms with Crippen molar-refractivity contribution in [2.75, 3.05) is 5.32 Å². The molecular weight excluding hydrogens is 322 g/mol. The molecule has 1 heterocycles. The minimum absolute atomic E-state index is 0.166. The predicted molar refractivity (Wildman–Crippen MR) is 96.7 cm³/mol. The first kappa shape index (κ1) is 16.3. The summed E-state index contributed by atoms with van der Waals surface area (Å²) in [7, 11) is 0. The molecule has 1 amide bonds. The third-order valence-corrected chi connectivity index (χ3v) is 4.31. The topological polar surface area (TPSA) is 46.9 Å². The molecule has 0 aliphatic rings. The SMILES string of the molecule is Cc1ccc(C(=O)Nc2ccn(Cc3ccccc3Cl)n2)cc1C. The smallest absolute Gasteiger partial charge is 0.256 e. The van der Waals surface area contributed by atoms with Gasteiger partial charge in [-0.2, -0.15) is 5.10 Å². The largest absolute Gasteiger partial charge is 0.305 e. The molecule has 3 aromatic rings. The zero-order valence-corrected chi connectivity index (χ0v) is 14.3. The summed E-state index contributed by atoms with van der Waals surface area (Å²) in [4.78, 5) is 12.3. The molecule has 4 nitrogen and oxygen atoms in total. The molecule has 0 bridgehead atoms. The van der Waals surface area contributed by atoms with Gasteiger partial charge in [0.25, 0.3) is 5.91 Å². The van der Waals surface area contributed by atoms with Crippen LogP contribution in [-0.4, -0.2) is 15.7 Å². The lowest BCUT2D eigenvalue weighted by molar-refractivity contribution is 0.102. The zero-order valence-electron chi connectivity index (χ0n) is 13.6. The van der Waals surface area contributed by atoms with Gasteiger partial charge in [0, 0.05) is 22.8 Å². The summed E-state index contributed by atoms with van der Waals surface area (Å²) in [5, 5.41) is 7.90. The molecule has 0 saturated heterocycles. The van der Waals surface area contributed by atoms with Crippen LogP contribution in [0.2, 0.25) is 5.02 Å². The van der Waals surface area contributed by atoms with Crippen molar-refractivity contribution >= 4 is 23.3 Å². The number of rotatable bonds is 4. The lowest BCUT2D eigenvalue weighted by atomic mass is 10.1. The second kappa shape index (κ2) is 6.89. The number of carbonyl (C=O) groups excluding carboxylic acids is 1. The summed E-state index contributed by atoms with van der Waals surface area (Å²) in [6, 6.07) is 15.1. The number of amides is 1. The number of carbonyl (C=O) groups is 1. The Hall–Kier alpha value is -2.59. The van der Waals surface area contributed by atoms with E-state index in [9.17, 15) is 4.79 Å². The molecule has 0 fully saturated rings. The number of halogens is 1. The summed E-state index contributed by atoms with van der Waals surface area (Å²) in [5.41, 5.74) is 3.86. The Balaban J connectivity index is 1.70. The van der Waals surface area contributed by atoms with Crippen molar-refractivity contribution in [3.63, 3.8) is 0 Å². The molecule has 0 radical (unpaired) electrons. The van der Waals surface area contributed by atoms with Crippen LogP contribution in [-0.2, 0) is 6.54 Å². The minimum atomic E-state index is -0.166. The predicted octanol–water partition coefficient (Wildman–Crippen LogP) is 4.45. The van der Waals surface area contributed by atoms with Crippen LogP contribution >= 0.6 is 11.6 Å². The summed E-state index contributed by atoms with van der Waals surface area (Å²) >= 11 is 6.16. The van der Waals surface area contributed by atoms with Gasteiger partial charge in [0.05, 0.1) is 6.54 Å². The van der Waals surface area contributed by atoms with Crippen LogP contribution < -0.4 is 5.32 Å². The fourth-order valence-corrected chi connectivity index (χ4v) is 2.58. The van der Waals surface area contributed by atoms with E-state index >= 15 is 0 Å². The van der Waals surface area contributed by atoms with Gasteiger partial charge in [0.15, 0.2) is 5.82 Å². The normalized spacial score (nSPS) is 10.6. The van der Waals surface area contributed by atoms with Gasteiger partial charge < -0.3 is 5.32 Å². The minimum Gasteiger partial charge on any atom is -0.305 e. The number of hydrogen-bond acceptors (Lipinski definition) is 2. The Morgan fingerprint density at radius 1 is 1.12 bits per heavy atom. The first-order valence-electron chi connectivity index (χ1n) is 7.68. The van der Waals surface area contributed by atoms with Crippen molar-refractivity contribution in [2.24, 2.45) is 0 Å². The zero-order chi connectivity index (χ0) is 17.1. The Morgan fingerprint density at radius 2 is 1.92 bits per heavy atom. The summed E-state index contributed by atoms with van der Waals surface area (Å²) in [6.07, 6.45) is 1.82. The van der Waals surface area contributed by atoms with E-state index in [1.807, 2.05) is 62.5 Å². The van der Waals surface area contributed by atoms with Crippen LogP contribution in [0.1, 0.15) is 27.0 Å². The van der Waals surface area contributed by atoms with E-state index in [0.717, 1.165) is 16.7 Å². The first-order chi connectivity index (χ1) is 11.5. The Kier molecular flexibility index (Phi) is 4.67. The molecule has 5 heteroatoms. The molecule has 122 valence electrons. The van der Waals surface area contributed by atoms with Gasteiger partial charge >= 0.3 is 0 Å². The number of nitrogens with one attached hydrogen (secondary N) is 1. The second-order valence-corrected chi connectivity index (χ2v) is 6.15. The molecule has 0 aliphatic carbocycles. The molecule has 0 saturated carbocycles. The molecule has 2 aromatic carbocycles. The van der Waals surface area contributed by atoms with Gasteiger partial charge in [0.1, 0.15) is 0 Å². The lowest BCUT2D eigenvalue weighted by Gasteiger charge is -2.06. The van der Waals surface area contributed by atoms with E-state index in [1.54, 1.807) is 10.7 Å². The van der Waals surface area contributed by atoms with Gasteiger partial charge in [-0.15, -0.1) is 0 Å². The van der Waals surface area contributed by atoms with E-state index in [2.05, 4.69) is 10.4 Å². The monoisotopic (exact) mass is 339 g/mol. The maximum absolute atomic E-state index is 12.3. The van der Waals surface area contributed by atoms with Gasteiger partial charge in [-0.1, -0.05) is 35.9 Å². The van der Waals surface area contributed by atoms with Gasteiger partial charge in [-0.05, 0) is 48.7 Å². The fraction of sp³-hybridized carbons (Fsp3) is 0.158. The van der Waals surface area contributed by atoms with Crippen LogP contribution in [0.3, 0.4) is 0 Å². The third-order valence-electron chi connectivity index (χ3n) is 3.94. The number of hydrogen-bond donors (Lipinski definition) is 1. The highest BCUT2D eigenvalue weighted by atomic mass is 35.5. The van der Waals surface area contributed by atoms with E-state index in [-0.39, 0.29) is 5.91 Å². The summed E-state index contributed by atoms with van der Waals surface area (Å²) in [5.74, 6) is 0.353. The van der Waals surface area contributed by atoms with Crippen molar-refractivity contribution in [2.45, 2.75) is 20.4 Å². The Morgan fingerprint density at radius 3 is 2.67 bits per heavy atom. The number of benzene rings is 2. The van der Waals surface area contributed by atoms with Crippen molar-refractivity contribution < 1.29 is 4.79 Å².